The number of para-hydroxylation sites is 2. The second-order valence-electron chi connectivity index (χ2n) is 4.25. The van der Waals surface area contributed by atoms with E-state index in [1.54, 1.807) is 24.3 Å². The van der Waals surface area contributed by atoms with Gasteiger partial charge in [-0.1, -0.05) is 39.1 Å². The third-order valence-corrected chi connectivity index (χ3v) is 2.75. The van der Waals surface area contributed by atoms with Gasteiger partial charge in [0.2, 0.25) is 0 Å². The molecule has 8 nitrogen and oxygen atoms in total. The molecule has 0 spiro atoms. The molecule has 0 aromatic heterocycles. The first-order valence-corrected chi connectivity index (χ1v) is 6.41. The highest BCUT2D eigenvalue weighted by atomic mass is 16.6. The number of methoxy groups -OCH3 is 1. The molecule has 0 aliphatic carbocycles. The molecular weight excluding hydrogens is 328 g/mol. The van der Waals surface area contributed by atoms with Crippen LogP contribution in [0.3, 0.4) is 0 Å². The van der Waals surface area contributed by atoms with Crippen LogP contribution >= 0.6 is 0 Å². The van der Waals surface area contributed by atoms with Gasteiger partial charge in [0.05, 0.1) is 27.6 Å². The van der Waals surface area contributed by atoms with E-state index in [1.165, 1.54) is 31.4 Å². The first kappa shape index (κ1) is 24.1. The molecule has 0 atom stereocenters. The number of rotatable bonds is 5. The summed E-state index contributed by atoms with van der Waals surface area (Å²) in [7, 11) is 1.51. The first-order chi connectivity index (χ1) is 11.0. The molecule has 0 aliphatic heterocycles. The van der Waals surface area contributed by atoms with E-state index in [-0.39, 0.29) is 38.4 Å². The smallest absolute Gasteiger partial charge is 0.279 e. The number of carbonyl (C=O) groups is 1. The average Bonchev–Trinajstić information content (AvgIpc) is 2.56. The van der Waals surface area contributed by atoms with Gasteiger partial charge in [-0.2, -0.15) is 0 Å². The number of benzene rings is 2. The lowest BCUT2D eigenvalue weighted by molar-refractivity contribution is -0.385. The molecule has 0 unspecified atom stereocenters. The molecule has 0 fully saturated rings. The van der Waals surface area contributed by atoms with Gasteiger partial charge in [-0.05, 0) is 12.1 Å². The minimum atomic E-state index is -0.580. The van der Waals surface area contributed by atoms with E-state index in [9.17, 15) is 25.0 Å². The van der Waals surface area contributed by atoms with Crippen molar-refractivity contribution < 1.29 is 19.4 Å². The predicted octanol–water partition coefficient (Wildman–Crippen LogP) is 4.42. The third kappa shape index (κ3) is 7.32. The number of aldehydes is 1. The molecule has 2 rings (SSSR count). The van der Waals surface area contributed by atoms with Crippen LogP contribution in [-0.2, 0) is 11.3 Å². The molecule has 0 radical (unpaired) electrons. The second-order valence-corrected chi connectivity index (χ2v) is 4.25. The van der Waals surface area contributed by atoms with Gasteiger partial charge >= 0.3 is 0 Å². The standard InChI is InChI=1S/C8H9NO3.C7H5NO3.2CH4/c1-12-6-7-4-2-3-5-8(7)9(10)11;9-5-6-3-1-2-4-7(6)8(10)11;;/h2-5H,6H2,1H3;1-5H;2*1H4. The van der Waals surface area contributed by atoms with Gasteiger partial charge in [0.25, 0.3) is 11.4 Å². The minimum absolute atomic E-state index is 0. The summed E-state index contributed by atoms with van der Waals surface area (Å²) >= 11 is 0. The van der Waals surface area contributed by atoms with Crippen LogP contribution in [-0.4, -0.2) is 23.2 Å². The molecule has 2 aromatic rings. The highest BCUT2D eigenvalue weighted by Gasteiger charge is 2.11. The van der Waals surface area contributed by atoms with Gasteiger partial charge in [0.15, 0.2) is 6.29 Å². The Morgan fingerprint density at radius 1 is 0.920 bits per heavy atom. The van der Waals surface area contributed by atoms with E-state index in [1.807, 2.05) is 0 Å². The van der Waals surface area contributed by atoms with Crippen molar-refractivity contribution in [3.05, 3.63) is 79.9 Å². The lowest BCUT2D eigenvalue weighted by atomic mass is 10.2. The molecule has 0 aliphatic rings. The van der Waals surface area contributed by atoms with Crippen molar-refractivity contribution in [2.24, 2.45) is 0 Å². The molecule has 0 bridgehead atoms. The van der Waals surface area contributed by atoms with E-state index in [0.717, 1.165) is 0 Å². The van der Waals surface area contributed by atoms with Crippen LogP contribution in [0.15, 0.2) is 48.5 Å². The highest BCUT2D eigenvalue weighted by Crippen LogP contribution is 2.17. The maximum absolute atomic E-state index is 10.4. The summed E-state index contributed by atoms with van der Waals surface area (Å²) in [6, 6.07) is 12.3. The Morgan fingerprint density at radius 3 is 1.84 bits per heavy atom. The first-order valence-electron chi connectivity index (χ1n) is 6.41. The van der Waals surface area contributed by atoms with Crippen LogP contribution in [0, 0.1) is 20.2 Å². The molecular formula is C17H22N2O6. The molecule has 25 heavy (non-hydrogen) atoms. The van der Waals surface area contributed by atoms with Gasteiger partial charge in [-0.15, -0.1) is 0 Å². The molecule has 136 valence electrons. The van der Waals surface area contributed by atoms with E-state index >= 15 is 0 Å². The fourth-order valence-corrected chi connectivity index (χ4v) is 1.72. The zero-order valence-corrected chi connectivity index (χ0v) is 12.2. The van der Waals surface area contributed by atoms with Gasteiger partial charge < -0.3 is 4.74 Å². The highest BCUT2D eigenvalue weighted by molar-refractivity contribution is 5.81. The fourth-order valence-electron chi connectivity index (χ4n) is 1.72. The Labute approximate surface area is 146 Å². The van der Waals surface area contributed by atoms with Gasteiger partial charge in [0.1, 0.15) is 0 Å². The van der Waals surface area contributed by atoms with E-state index in [4.69, 9.17) is 4.74 Å². The van der Waals surface area contributed by atoms with Crippen LogP contribution in [0.4, 0.5) is 11.4 Å². The largest absolute Gasteiger partial charge is 0.380 e. The molecule has 2 aromatic carbocycles. The predicted molar refractivity (Wildman–Crippen MR) is 95.8 cm³/mol. The monoisotopic (exact) mass is 350 g/mol. The SMILES string of the molecule is C.C.COCc1ccccc1[N+](=O)[O-].O=Cc1ccccc1[N+](=O)[O-]. The zero-order valence-electron chi connectivity index (χ0n) is 12.2. The summed E-state index contributed by atoms with van der Waals surface area (Å²) in [5, 5.41) is 20.7. The summed E-state index contributed by atoms with van der Waals surface area (Å²) < 4.78 is 4.81. The lowest BCUT2D eigenvalue weighted by Crippen LogP contribution is -1.95. The number of nitrogens with zero attached hydrogens (tertiary/aromatic N) is 2. The van der Waals surface area contributed by atoms with Crippen LogP contribution < -0.4 is 0 Å². The fraction of sp³-hybridized carbons (Fsp3) is 0.235. The van der Waals surface area contributed by atoms with Crippen molar-refractivity contribution in [2.45, 2.75) is 21.5 Å². The van der Waals surface area contributed by atoms with Crippen molar-refractivity contribution in [3.63, 3.8) is 0 Å². The summed E-state index contributed by atoms with van der Waals surface area (Å²) in [4.78, 5) is 29.9. The number of nitro benzene ring substituents is 2. The van der Waals surface area contributed by atoms with Crippen LogP contribution in [0.25, 0.3) is 0 Å². The quantitative estimate of drug-likeness (QED) is 0.448. The van der Waals surface area contributed by atoms with E-state index in [2.05, 4.69) is 0 Å². The Balaban J connectivity index is 0. The Morgan fingerprint density at radius 2 is 1.40 bits per heavy atom. The molecule has 0 saturated carbocycles. The minimum Gasteiger partial charge on any atom is -0.380 e. The van der Waals surface area contributed by atoms with Crippen LogP contribution in [0.2, 0.25) is 0 Å². The maximum Gasteiger partial charge on any atom is 0.279 e. The Hall–Kier alpha value is -3.13. The Kier molecular flexibility index (Phi) is 11.9. The normalized spacial score (nSPS) is 8.68. The molecule has 0 N–H and O–H groups in total. The van der Waals surface area contributed by atoms with Crippen molar-refractivity contribution >= 4 is 17.7 Å². The van der Waals surface area contributed by atoms with Crippen molar-refractivity contribution in [1.29, 1.82) is 0 Å². The van der Waals surface area contributed by atoms with Crippen LogP contribution in [0.1, 0.15) is 30.8 Å². The van der Waals surface area contributed by atoms with E-state index < -0.39 is 9.85 Å². The van der Waals surface area contributed by atoms with Crippen molar-refractivity contribution in [3.8, 4) is 0 Å². The molecule has 8 heteroatoms. The Bertz CT molecular complexity index is 703. The summed E-state index contributed by atoms with van der Waals surface area (Å²) in [5.74, 6) is 0. The number of nitro groups is 2. The van der Waals surface area contributed by atoms with Gasteiger partial charge in [-0.3, -0.25) is 25.0 Å². The van der Waals surface area contributed by atoms with Gasteiger partial charge in [-0.25, -0.2) is 0 Å². The zero-order chi connectivity index (χ0) is 17.2. The number of hydrogen-bond donors (Lipinski definition) is 0. The van der Waals surface area contributed by atoms with Gasteiger partial charge in [0, 0.05) is 19.2 Å². The number of hydrogen-bond acceptors (Lipinski definition) is 6. The molecule has 0 heterocycles. The topological polar surface area (TPSA) is 113 Å². The summed E-state index contributed by atoms with van der Waals surface area (Å²) in [6.07, 6.45) is 0.470. The average molecular weight is 350 g/mol. The summed E-state index contributed by atoms with van der Waals surface area (Å²) in [5.41, 5.74) is 0.671. The number of ether oxygens (including phenoxy) is 1. The van der Waals surface area contributed by atoms with Crippen molar-refractivity contribution in [1.82, 2.24) is 0 Å². The lowest BCUT2D eigenvalue weighted by Gasteiger charge is -1.99. The maximum atomic E-state index is 10.4. The summed E-state index contributed by atoms with van der Waals surface area (Å²) in [6.45, 7) is 0.275. The van der Waals surface area contributed by atoms with E-state index in [0.29, 0.717) is 11.8 Å². The third-order valence-electron chi connectivity index (χ3n) is 2.75. The molecule has 0 saturated heterocycles. The van der Waals surface area contributed by atoms with Crippen molar-refractivity contribution in [2.75, 3.05) is 7.11 Å². The molecule has 0 amide bonds. The second kappa shape index (κ2) is 12.3. The number of carbonyl (C=O) groups excluding carboxylic acids is 1. The van der Waals surface area contributed by atoms with Crippen LogP contribution in [0.5, 0.6) is 0 Å².